The second-order valence-electron chi connectivity index (χ2n) is 5.34. The van der Waals surface area contributed by atoms with Crippen LogP contribution in [0.5, 0.6) is 0 Å². The summed E-state index contributed by atoms with van der Waals surface area (Å²) in [6.07, 6.45) is 4.62. The fraction of sp³-hybridized carbons (Fsp3) is 0.786. The van der Waals surface area contributed by atoms with Gasteiger partial charge in [0, 0.05) is 25.9 Å². The summed E-state index contributed by atoms with van der Waals surface area (Å²) < 4.78 is 0. The number of hydrogen-bond donors (Lipinski definition) is 2. The Morgan fingerprint density at radius 1 is 1.25 bits per heavy atom. The zero-order valence-electron chi connectivity index (χ0n) is 12.2. The van der Waals surface area contributed by atoms with Gasteiger partial charge in [-0.2, -0.15) is 0 Å². The summed E-state index contributed by atoms with van der Waals surface area (Å²) in [7, 11) is 0. The average molecular weight is 284 g/mol. The number of amides is 2. The van der Waals surface area contributed by atoms with Gasteiger partial charge in [0.1, 0.15) is 6.04 Å². The molecule has 0 saturated heterocycles. The van der Waals surface area contributed by atoms with Crippen LogP contribution in [0.25, 0.3) is 0 Å². The molecule has 1 unspecified atom stereocenters. The van der Waals surface area contributed by atoms with Crippen LogP contribution in [-0.2, 0) is 14.4 Å². The van der Waals surface area contributed by atoms with E-state index in [4.69, 9.17) is 5.11 Å². The molecule has 1 saturated carbocycles. The molecule has 0 aromatic carbocycles. The summed E-state index contributed by atoms with van der Waals surface area (Å²) in [6, 6.07) is -0.623. The summed E-state index contributed by atoms with van der Waals surface area (Å²) in [5.41, 5.74) is 0. The van der Waals surface area contributed by atoms with E-state index in [0.29, 0.717) is 13.0 Å². The predicted octanol–water partition coefficient (Wildman–Crippen LogP) is 1.15. The lowest BCUT2D eigenvalue weighted by Gasteiger charge is -2.26. The first kappa shape index (κ1) is 16.5. The minimum Gasteiger partial charge on any atom is -0.480 e. The van der Waals surface area contributed by atoms with Crippen molar-refractivity contribution in [2.24, 2.45) is 0 Å². The number of rotatable bonds is 9. The lowest BCUT2D eigenvalue weighted by Crippen LogP contribution is -2.44. The van der Waals surface area contributed by atoms with E-state index < -0.39 is 12.0 Å². The van der Waals surface area contributed by atoms with Crippen molar-refractivity contribution in [1.29, 1.82) is 0 Å². The summed E-state index contributed by atoms with van der Waals surface area (Å²) in [5, 5.41) is 11.7. The normalized spacial score (nSPS) is 15.5. The first-order valence-electron chi connectivity index (χ1n) is 7.22. The van der Waals surface area contributed by atoms with Crippen molar-refractivity contribution in [3.63, 3.8) is 0 Å². The van der Waals surface area contributed by atoms with Crippen LogP contribution in [0, 0.1) is 0 Å². The minimum atomic E-state index is -0.948. The number of carboxylic acids is 1. The standard InChI is InChI=1S/C14H24N2O4/c1-10(14(19)20)16(12-7-8-12)13(18)6-4-3-5-9-15-11(2)17/h10,12H,3-9H2,1-2H3,(H,15,17)(H,19,20). The summed E-state index contributed by atoms with van der Waals surface area (Å²) in [6.45, 7) is 3.67. The van der Waals surface area contributed by atoms with Crippen LogP contribution >= 0.6 is 0 Å². The Kier molecular flexibility index (Phi) is 6.48. The molecule has 6 nitrogen and oxygen atoms in total. The highest BCUT2D eigenvalue weighted by Crippen LogP contribution is 2.29. The minimum absolute atomic E-state index is 0.0451. The quantitative estimate of drug-likeness (QED) is 0.622. The largest absolute Gasteiger partial charge is 0.480 e. The first-order valence-corrected chi connectivity index (χ1v) is 7.22. The SMILES string of the molecule is CC(=O)NCCCCCC(=O)N(C1CC1)C(C)C(=O)O. The van der Waals surface area contributed by atoms with Gasteiger partial charge < -0.3 is 15.3 Å². The molecular formula is C14H24N2O4. The summed E-state index contributed by atoms with van der Waals surface area (Å²) >= 11 is 0. The van der Waals surface area contributed by atoms with Gasteiger partial charge in [-0.15, -0.1) is 0 Å². The van der Waals surface area contributed by atoms with E-state index in [-0.39, 0.29) is 17.9 Å². The molecule has 1 aliphatic rings. The molecule has 20 heavy (non-hydrogen) atoms. The molecule has 2 N–H and O–H groups in total. The number of carboxylic acid groups (broad SMARTS) is 1. The van der Waals surface area contributed by atoms with E-state index >= 15 is 0 Å². The highest BCUT2D eigenvalue weighted by molar-refractivity contribution is 5.83. The molecule has 6 heteroatoms. The van der Waals surface area contributed by atoms with Crippen molar-refractivity contribution < 1.29 is 19.5 Å². The van der Waals surface area contributed by atoms with Crippen LogP contribution in [0.1, 0.15) is 52.4 Å². The number of nitrogens with zero attached hydrogens (tertiary/aromatic N) is 1. The highest BCUT2D eigenvalue weighted by atomic mass is 16.4. The number of carbonyl (C=O) groups is 3. The maximum Gasteiger partial charge on any atom is 0.326 e. The smallest absolute Gasteiger partial charge is 0.326 e. The Hall–Kier alpha value is -1.59. The Balaban J connectivity index is 2.25. The lowest BCUT2D eigenvalue weighted by atomic mass is 10.1. The zero-order chi connectivity index (χ0) is 15.1. The monoisotopic (exact) mass is 284 g/mol. The van der Waals surface area contributed by atoms with Crippen molar-refractivity contribution in [1.82, 2.24) is 10.2 Å². The van der Waals surface area contributed by atoms with E-state index in [1.807, 2.05) is 0 Å². The van der Waals surface area contributed by atoms with Crippen molar-refractivity contribution in [3.05, 3.63) is 0 Å². The third kappa shape index (κ3) is 5.59. The van der Waals surface area contributed by atoms with Crippen molar-refractivity contribution in [2.45, 2.75) is 64.5 Å². The summed E-state index contributed by atoms with van der Waals surface area (Å²) in [5.74, 6) is -1.06. The van der Waals surface area contributed by atoms with Gasteiger partial charge in [-0.05, 0) is 32.6 Å². The second kappa shape index (κ2) is 7.87. The zero-order valence-corrected chi connectivity index (χ0v) is 12.2. The van der Waals surface area contributed by atoms with Crippen LogP contribution in [0.4, 0.5) is 0 Å². The summed E-state index contributed by atoms with van der Waals surface area (Å²) in [4.78, 5) is 35.3. The molecule has 0 aromatic heterocycles. The Labute approximate surface area is 119 Å². The van der Waals surface area contributed by atoms with Gasteiger partial charge >= 0.3 is 5.97 Å². The Morgan fingerprint density at radius 3 is 2.40 bits per heavy atom. The fourth-order valence-corrected chi connectivity index (χ4v) is 2.18. The third-order valence-corrected chi connectivity index (χ3v) is 3.44. The number of carbonyl (C=O) groups excluding carboxylic acids is 2. The maximum atomic E-state index is 12.1. The van der Waals surface area contributed by atoms with E-state index in [9.17, 15) is 14.4 Å². The fourth-order valence-electron chi connectivity index (χ4n) is 2.18. The molecule has 1 rings (SSSR count). The molecule has 1 aliphatic carbocycles. The molecule has 2 amide bonds. The molecular weight excluding hydrogens is 260 g/mol. The first-order chi connectivity index (χ1) is 9.43. The van der Waals surface area contributed by atoms with Gasteiger partial charge in [-0.25, -0.2) is 4.79 Å². The Morgan fingerprint density at radius 2 is 1.90 bits per heavy atom. The second-order valence-corrected chi connectivity index (χ2v) is 5.34. The molecule has 0 aromatic rings. The van der Waals surface area contributed by atoms with Gasteiger partial charge in [-0.1, -0.05) is 6.42 Å². The molecule has 0 spiro atoms. The van der Waals surface area contributed by atoms with E-state index in [0.717, 1.165) is 32.1 Å². The van der Waals surface area contributed by atoms with Crippen LogP contribution in [-0.4, -0.2) is 46.4 Å². The predicted molar refractivity (Wildman–Crippen MR) is 74.1 cm³/mol. The van der Waals surface area contributed by atoms with Gasteiger partial charge in [0.25, 0.3) is 0 Å². The maximum absolute atomic E-state index is 12.1. The third-order valence-electron chi connectivity index (χ3n) is 3.44. The topological polar surface area (TPSA) is 86.7 Å². The number of unbranched alkanes of at least 4 members (excludes halogenated alkanes) is 2. The molecule has 0 heterocycles. The van der Waals surface area contributed by atoms with Crippen LogP contribution in [0.2, 0.25) is 0 Å². The van der Waals surface area contributed by atoms with E-state index in [1.54, 1.807) is 6.92 Å². The molecule has 1 atom stereocenters. The molecule has 114 valence electrons. The van der Waals surface area contributed by atoms with Gasteiger partial charge in [-0.3, -0.25) is 9.59 Å². The van der Waals surface area contributed by atoms with Crippen LogP contribution in [0.3, 0.4) is 0 Å². The lowest BCUT2D eigenvalue weighted by molar-refractivity contribution is -0.150. The van der Waals surface area contributed by atoms with Gasteiger partial charge in [0.15, 0.2) is 0 Å². The van der Waals surface area contributed by atoms with Crippen LogP contribution in [0.15, 0.2) is 0 Å². The van der Waals surface area contributed by atoms with E-state index in [2.05, 4.69) is 5.32 Å². The average Bonchev–Trinajstić information content (AvgIpc) is 3.17. The van der Waals surface area contributed by atoms with Gasteiger partial charge in [0.05, 0.1) is 0 Å². The van der Waals surface area contributed by atoms with Crippen molar-refractivity contribution in [3.8, 4) is 0 Å². The molecule has 0 aliphatic heterocycles. The van der Waals surface area contributed by atoms with E-state index in [1.165, 1.54) is 11.8 Å². The van der Waals surface area contributed by atoms with Crippen molar-refractivity contribution >= 4 is 17.8 Å². The number of hydrogen-bond acceptors (Lipinski definition) is 3. The number of nitrogens with one attached hydrogen (secondary N) is 1. The highest BCUT2D eigenvalue weighted by Gasteiger charge is 2.37. The van der Waals surface area contributed by atoms with Gasteiger partial charge in [0.2, 0.25) is 11.8 Å². The number of aliphatic carboxylic acids is 1. The Bertz CT molecular complexity index is 366. The molecule has 1 fully saturated rings. The van der Waals surface area contributed by atoms with Crippen LogP contribution < -0.4 is 5.32 Å². The van der Waals surface area contributed by atoms with Crippen molar-refractivity contribution in [2.75, 3.05) is 6.54 Å². The molecule has 0 radical (unpaired) electrons. The molecule has 0 bridgehead atoms.